The molecule has 13 heteroatoms. The lowest BCUT2D eigenvalue weighted by atomic mass is 10.00. The van der Waals surface area contributed by atoms with E-state index >= 15 is 0 Å². The van der Waals surface area contributed by atoms with E-state index in [-0.39, 0.29) is 19.4 Å². The van der Waals surface area contributed by atoms with E-state index in [2.05, 4.69) is 38.2 Å². The molecule has 53 heavy (non-hydrogen) atoms. The summed E-state index contributed by atoms with van der Waals surface area (Å²) in [6.45, 7) is 3.68. The average Bonchev–Trinajstić information content (AvgIpc) is 3.12. The Bertz CT molecular complexity index is 1100. The first kappa shape index (κ1) is 49.1. The van der Waals surface area contributed by atoms with Crippen LogP contribution < -0.4 is 0 Å². The highest BCUT2D eigenvalue weighted by Gasteiger charge is 2.46. The minimum atomic E-state index is -4.60. The minimum absolute atomic E-state index is 0.150. The Morgan fingerprint density at radius 3 is 1.70 bits per heavy atom. The molecule has 0 spiro atoms. The van der Waals surface area contributed by atoms with Crippen molar-refractivity contribution in [3.63, 3.8) is 0 Å². The van der Waals surface area contributed by atoms with Crippen molar-refractivity contribution in [2.45, 2.75) is 198 Å². The fourth-order valence-corrected chi connectivity index (χ4v) is 6.75. The van der Waals surface area contributed by atoms with Crippen LogP contribution in [0.25, 0.3) is 0 Å². The molecule has 12 nitrogen and oxygen atoms in total. The minimum Gasteiger partial charge on any atom is -0.462 e. The molecule has 1 rings (SSSR count). The van der Waals surface area contributed by atoms with E-state index in [0.29, 0.717) is 12.8 Å². The molecule has 1 heterocycles. The molecule has 0 amide bonds. The van der Waals surface area contributed by atoms with Crippen molar-refractivity contribution in [3.8, 4) is 0 Å². The highest BCUT2D eigenvalue weighted by molar-refractivity contribution is 7.85. The number of carbonyl (C=O) groups excluding carboxylic acids is 2. The van der Waals surface area contributed by atoms with Gasteiger partial charge in [-0.15, -0.1) is 0 Å². The number of esters is 2. The summed E-state index contributed by atoms with van der Waals surface area (Å²) < 4.78 is 53.8. The molecule has 0 aromatic carbocycles. The molecule has 0 bridgehead atoms. The van der Waals surface area contributed by atoms with Crippen LogP contribution in [0.4, 0.5) is 0 Å². The smallest absolute Gasteiger partial charge is 0.306 e. The number of rotatable bonds is 33. The van der Waals surface area contributed by atoms with Gasteiger partial charge in [0.2, 0.25) is 0 Å². The zero-order valence-corrected chi connectivity index (χ0v) is 33.4. The van der Waals surface area contributed by atoms with Crippen molar-refractivity contribution in [2.24, 2.45) is 0 Å². The first-order valence-corrected chi connectivity index (χ1v) is 22.0. The highest BCUT2D eigenvalue weighted by Crippen LogP contribution is 2.24. The second-order valence-corrected chi connectivity index (χ2v) is 15.8. The molecule has 1 aliphatic rings. The van der Waals surface area contributed by atoms with Crippen molar-refractivity contribution in [2.75, 3.05) is 19.0 Å². The summed E-state index contributed by atoms with van der Waals surface area (Å²) in [5.74, 6) is -2.00. The molecule has 1 aliphatic heterocycles. The third kappa shape index (κ3) is 26.6. The van der Waals surface area contributed by atoms with Gasteiger partial charge in [0.25, 0.3) is 10.1 Å². The quantitative estimate of drug-likeness (QED) is 0.0226. The van der Waals surface area contributed by atoms with E-state index in [0.717, 1.165) is 64.2 Å². The van der Waals surface area contributed by atoms with Gasteiger partial charge in [-0.05, 0) is 44.9 Å². The van der Waals surface area contributed by atoms with Crippen LogP contribution in [0.3, 0.4) is 0 Å². The average molecular weight is 777 g/mol. The molecule has 1 saturated heterocycles. The molecule has 0 aliphatic carbocycles. The van der Waals surface area contributed by atoms with Crippen LogP contribution in [0.15, 0.2) is 24.3 Å². The van der Waals surface area contributed by atoms with E-state index in [4.69, 9.17) is 18.9 Å². The van der Waals surface area contributed by atoms with Crippen LogP contribution in [0.2, 0.25) is 0 Å². The topological polar surface area (TPSA) is 186 Å². The largest absolute Gasteiger partial charge is 0.462 e. The fraction of sp³-hybridized carbons (Fsp3) is 0.850. The maximum atomic E-state index is 12.7. The standard InChI is InChI=1S/C40H72O12S/c1-3-5-7-9-11-13-15-16-17-18-19-21-23-25-27-29-36(42)51-33(30-49-35(41)28-26-24-22-20-14-12-10-8-6-4-2)31-50-40-39(45)38(44)37(43)34(52-40)32-53(46,47)48/h11,13,16-17,33-34,37-40,43-45H,3-10,12,14-15,18-32H2,1-2H3,(H,46,47,48)/b13-11+,17-16+/t33-,34-,37-,38?,39?,40+/m1/s1. The number of aliphatic hydroxyl groups excluding tert-OH is 3. The summed E-state index contributed by atoms with van der Waals surface area (Å²) in [7, 11) is -4.60. The van der Waals surface area contributed by atoms with Gasteiger partial charge in [-0.1, -0.05) is 128 Å². The van der Waals surface area contributed by atoms with Crippen LogP contribution >= 0.6 is 0 Å². The molecule has 1 fully saturated rings. The summed E-state index contributed by atoms with van der Waals surface area (Å²) >= 11 is 0. The monoisotopic (exact) mass is 776 g/mol. The van der Waals surface area contributed by atoms with Gasteiger partial charge in [-0.3, -0.25) is 14.1 Å². The van der Waals surface area contributed by atoms with Gasteiger partial charge in [0.1, 0.15) is 36.8 Å². The van der Waals surface area contributed by atoms with Gasteiger partial charge in [0.15, 0.2) is 12.4 Å². The summed E-state index contributed by atoms with van der Waals surface area (Å²) in [4.78, 5) is 25.2. The van der Waals surface area contributed by atoms with Gasteiger partial charge in [0, 0.05) is 12.8 Å². The van der Waals surface area contributed by atoms with E-state index in [1.807, 2.05) is 0 Å². The molecule has 4 N–H and O–H groups in total. The molecular weight excluding hydrogens is 704 g/mol. The van der Waals surface area contributed by atoms with E-state index in [1.54, 1.807) is 0 Å². The van der Waals surface area contributed by atoms with Crippen molar-refractivity contribution in [1.82, 2.24) is 0 Å². The zero-order chi connectivity index (χ0) is 39.2. The maximum Gasteiger partial charge on any atom is 0.306 e. The lowest BCUT2D eigenvalue weighted by molar-refractivity contribution is -0.297. The van der Waals surface area contributed by atoms with Gasteiger partial charge in [0.05, 0.1) is 6.61 Å². The van der Waals surface area contributed by atoms with Crippen LogP contribution in [0, 0.1) is 0 Å². The zero-order valence-electron chi connectivity index (χ0n) is 32.6. The molecule has 6 atom stereocenters. The van der Waals surface area contributed by atoms with Crippen molar-refractivity contribution in [3.05, 3.63) is 24.3 Å². The molecule has 310 valence electrons. The lowest BCUT2D eigenvalue weighted by Gasteiger charge is -2.40. The number of hydrogen-bond donors (Lipinski definition) is 4. The third-order valence-corrected chi connectivity index (χ3v) is 10.0. The third-order valence-electron chi connectivity index (χ3n) is 9.28. The highest BCUT2D eigenvalue weighted by atomic mass is 32.2. The Balaban J connectivity index is 2.51. The second kappa shape index (κ2) is 31.3. The maximum absolute atomic E-state index is 12.7. The number of allylic oxidation sites excluding steroid dienone is 4. The summed E-state index contributed by atoms with van der Waals surface area (Å²) in [6, 6.07) is 0. The summed E-state index contributed by atoms with van der Waals surface area (Å²) in [6.07, 6.45) is 22.3. The molecule has 0 radical (unpaired) electrons. The SMILES string of the molecule is CCCCC/C=C/C/C=C/CCCCCCCC(=O)O[C@H](COC(=O)CCCCCCCCCCCC)CO[C@H]1O[C@H](CS(=O)(=O)O)[C@@H](O)C(O)C1O. The predicted octanol–water partition coefficient (Wildman–Crippen LogP) is 7.28. The lowest BCUT2D eigenvalue weighted by Crippen LogP contribution is -2.60. The first-order valence-electron chi connectivity index (χ1n) is 20.4. The Morgan fingerprint density at radius 1 is 0.642 bits per heavy atom. The molecule has 0 aromatic rings. The van der Waals surface area contributed by atoms with Gasteiger partial charge < -0.3 is 34.3 Å². The number of hydrogen-bond acceptors (Lipinski definition) is 11. The number of unbranched alkanes of at least 4 members (excludes halogenated alkanes) is 17. The van der Waals surface area contributed by atoms with Crippen LogP contribution in [-0.4, -0.2) is 96.0 Å². The number of carbonyl (C=O) groups is 2. The number of ether oxygens (including phenoxy) is 4. The predicted molar refractivity (Wildman–Crippen MR) is 206 cm³/mol. The van der Waals surface area contributed by atoms with Crippen molar-refractivity contribution >= 4 is 22.1 Å². The van der Waals surface area contributed by atoms with Crippen molar-refractivity contribution < 1.29 is 56.8 Å². The van der Waals surface area contributed by atoms with Crippen LogP contribution in [-0.2, 0) is 38.7 Å². The molecule has 2 unspecified atom stereocenters. The molecule has 0 saturated carbocycles. The van der Waals surface area contributed by atoms with Gasteiger partial charge in [-0.25, -0.2) is 0 Å². The fourth-order valence-electron chi connectivity index (χ4n) is 6.06. The second-order valence-electron chi connectivity index (χ2n) is 14.3. The Hall–Kier alpha value is -1.87. The normalized spacial score (nSPS) is 21.4. The first-order chi connectivity index (χ1) is 25.5. The number of aliphatic hydroxyl groups is 3. The Labute approximate surface area is 319 Å². The molecule has 0 aromatic heterocycles. The van der Waals surface area contributed by atoms with Crippen molar-refractivity contribution in [1.29, 1.82) is 0 Å². The van der Waals surface area contributed by atoms with Crippen LogP contribution in [0.5, 0.6) is 0 Å². The van der Waals surface area contributed by atoms with Gasteiger partial charge in [-0.2, -0.15) is 8.42 Å². The summed E-state index contributed by atoms with van der Waals surface area (Å²) in [5, 5.41) is 30.8. The van der Waals surface area contributed by atoms with Crippen LogP contribution in [0.1, 0.15) is 162 Å². The summed E-state index contributed by atoms with van der Waals surface area (Å²) in [5.41, 5.74) is 0. The molecular formula is C40H72O12S. The van der Waals surface area contributed by atoms with E-state index < -0.39 is 71.2 Å². The van der Waals surface area contributed by atoms with E-state index in [9.17, 15) is 37.9 Å². The Morgan fingerprint density at radius 2 is 1.13 bits per heavy atom. The van der Waals surface area contributed by atoms with E-state index in [1.165, 1.54) is 57.8 Å². The Kier molecular flexibility index (Phi) is 29.1. The van der Waals surface area contributed by atoms with Gasteiger partial charge >= 0.3 is 11.9 Å².